The zero-order valence-electron chi connectivity index (χ0n) is 9.92. The molecule has 0 bridgehead atoms. The van der Waals surface area contributed by atoms with E-state index in [-0.39, 0.29) is 0 Å². The maximum Gasteiger partial charge on any atom is 0.147 e. The summed E-state index contributed by atoms with van der Waals surface area (Å²) in [5.74, 6) is 0.853. The quantitative estimate of drug-likeness (QED) is 0.915. The summed E-state index contributed by atoms with van der Waals surface area (Å²) < 4.78 is 0. The average Bonchev–Trinajstić information content (AvgIpc) is 2.80. The first-order valence-electron chi connectivity index (χ1n) is 6.00. The Morgan fingerprint density at radius 3 is 2.94 bits per heavy atom. The lowest BCUT2D eigenvalue weighted by Gasteiger charge is -2.30. The zero-order valence-corrected chi connectivity index (χ0v) is 11.4. The summed E-state index contributed by atoms with van der Waals surface area (Å²) >= 11 is 12.1. The molecule has 0 aliphatic carbocycles. The molecule has 2 rings (SSSR count). The summed E-state index contributed by atoms with van der Waals surface area (Å²) in [4.78, 5) is 6.67. The second-order valence-corrected chi connectivity index (χ2v) is 5.14. The molecule has 2 heterocycles. The van der Waals surface area contributed by atoms with Gasteiger partial charge in [0.2, 0.25) is 0 Å². The molecule has 0 spiro atoms. The summed E-state index contributed by atoms with van der Waals surface area (Å²) in [5.41, 5.74) is 0. The normalized spacial score (nSPS) is 19.6. The van der Waals surface area contributed by atoms with Gasteiger partial charge in [-0.15, -0.1) is 0 Å². The fourth-order valence-electron chi connectivity index (χ4n) is 2.23. The monoisotopic (exact) mass is 273 g/mol. The molecule has 0 amide bonds. The molecule has 0 aromatic carbocycles. The lowest BCUT2D eigenvalue weighted by Crippen LogP contribution is -2.38. The highest BCUT2D eigenvalue weighted by Crippen LogP contribution is 2.28. The number of hydrogen-bond donors (Lipinski definition) is 1. The van der Waals surface area contributed by atoms with Crippen LogP contribution >= 0.6 is 23.2 Å². The summed E-state index contributed by atoms with van der Waals surface area (Å²) in [6, 6.07) is 2.25. The van der Waals surface area contributed by atoms with E-state index in [4.69, 9.17) is 23.2 Å². The van der Waals surface area contributed by atoms with Gasteiger partial charge in [0, 0.05) is 25.3 Å². The Bertz CT molecular complexity index is 378. The van der Waals surface area contributed by atoms with Gasteiger partial charge in [0.15, 0.2) is 0 Å². The van der Waals surface area contributed by atoms with Crippen LogP contribution in [0.1, 0.15) is 19.8 Å². The Kier molecular flexibility index (Phi) is 4.48. The minimum Gasteiger partial charge on any atom is -0.351 e. The third-order valence-corrected chi connectivity index (χ3v) is 3.48. The van der Waals surface area contributed by atoms with Crippen molar-refractivity contribution >= 4 is 29.0 Å². The molecule has 1 aliphatic rings. The maximum atomic E-state index is 6.23. The van der Waals surface area contributed by atoms with Gasteiger partial charge >= 0.3 is 0 Å². The molecular formula is C12H17Cl2N3. The number of rotatable bonds is 4. The average molecular weight is 274 g/mol. The van der Waals surface area contributed by atoms with Crippen molar-refractivity contribution in [2.24, 2.45) is 0 Å². The molecule has 94 valence electrons. The van der Waals surface area contributed by atoms with Gasteiger partial charge < -0.3 is 10.2 Å². The summed E-state index contributed by atoms with van der Waals surface area (Å²) in [6.07, 6.45) is 3.88. The van der Waals surface area contributed by atoms with Crippen molar-refractivity contribution in [1.82, 2.24) is 10.3 Å². The first-order valence-corrected chi connectivity index (χ1v) is 6.76. The minimum absolute atomic E-state index is 0.487. The van der Waals surface area contributed by atoms with Crippen LogP contribution < -0.4 is 10.2 Å². The molecule has 1 atom stereocenters. The van der Waals surface area contributed by atoms with E-state index in [0.29, 0.717) is 16.1 Å². The number of anilines is 1. The van der Waals surface area contributed by atoms with Gasteiger partial charge in [0.25, 0.3) is 0 Å². The Balaban J connectivity index is 2.24. The molecule has 5 heteroatoms. The minimum atomic E-state index is 0.487. The molecule has 1 fully saturated rings. The number of nitrogens with zero attached hydrogens (tertiary/aromatic N) is 2. The summed E-state index contributed by atoms with van der Waals surface area (Å²) in [5, 5.41) is 4.59. The van der Waals surface area contributed by atoms with E-state index in [9.17, 15) is 0 Å². The van der Waals surface area contributed by atoms with E-state index >= 15 is 0 Å². The predicted octanol–water partition coefficient (Wildman–Crippen LogP) is 2.97. The first-order chi connectivity index (χ1) is 8.22. The highest BCUT2D eigenvalue weighted by molar-refractivity contribution is 6.36. The topological polar surface area (TPSA) is 28.2 Å². The number of pyridine rings is 1. The fourth-order valence-corrected chi connectivity index (χ4v) is 2.72. The van der Waals surface area contributed by atoms with Gasteiger partial charge in [-0.05, 0) is 25.5 Å². The second-order valence-electron chi connectivity index (χ2n) is 4.30. The van der Waals surface area contributed by atoms with Gasteiger partial charge in [0.05, 0.1) is 10.0 Å². The van der Waals surface area contributed by atoms with Crippen LogP contribution in [0.15, 0.2) is 12.3 Å². The van der Waals surface area contributed by atoms with Crippen molar-refractivity contribution in [3.63, 3.8) is 0 Å². The summed E-state index contributed by atoms with van der Waals surface area (Å²) in [6.45, 7) is 5.20. The lowest BCUT2D eigenvalue weighted by molar-refractivity contribution is 0.618. The second kappa shape index (κ2) is 5.89. The van der Waals surface area contributed by atoms with Crippen molar-refractivity contribution in [1.29, 1.82) is 0 Å². The third kappa shape index (κ3) is 3.03. The SMILES string of the molecule is CCCN(c1ncc(Cl)cc1Cl)C1CCNC1. The molecule has 1 N–H and O–H groups in total. The largest absolute Gasteiger partial charge is 0.351 e. The van der Waals surface area contributed by atoms with Gasteiger partial charge in [-0.1, -0.05) is 30.1 Å². The molecule has 0 saturated carbocycles. The zero-order chi connectivity index (χ0) is 12.3. The number of hydrogen-bond acceptors (Lipinski definition) is 3. The van der Waals surface area contributed by atoms with Gasteiger partial charge in [-0.25, -0.2) is 4.98 Å². The number of halogens is 2. The first kappa shape index (κ1) is 12.9. The molecule has 3 nitrogen and oxygen atoms in total. The Labute approximate surface area is 112 Å². The maximum absolute atomic E-state index is 6.23. The van der Waals surface area contributed by atoms with Crippen LogP contribution in [0.2, 0.25) is 10.0 Å². The highest BCUT2D eigenvalue weighted by Gasteiger charge is 2.24. The number of nitrogens with one attached hydrogen (secondary N) is 1. The van der Waals surface area contributed by atoms with Crippen molar-refractivity contribution in [2.75, 3.05) is 24.5 Å². The van der Waals surface area contributed by atoms with E-state index in [1.165, 1.54) is 0 Å². The highest BCUT2D eigenvalue weighted by atomic mass is 35.5. The lowest BCUT2D eigenvalue weighted by atomic mass is 10.2. The van der Waals surface area contributed by atoms with Crippen LogP contribution in [0, 0.1) is 0 Å². The molecule has 1 aromatic heterocycles. The van der Waals surface area contributed by atoms with E-state index < -0.39 is 0 Å². The van der Waals surface area contributed by atoms with Crippen LogP contribution in [0.3, 0.4) is 0 Å². The van der Waals surface area contributed by atoms with E-state index in [2.05, 4.69) is 22.1 Å². The van der Waals surface area contributed by atoms with Gasteiger partial charge in [0.1, 0.15) is 5.82 Å². The van der Waals surface area contributed by atoms with Crippen LogP contribution in [0.25, 0.3) is 0 Å². The molecular weight excluding hydrogens is 257 g/mol. The van der Waals surface area contributed by atoms with Crippen molar-refractivity contribution in [3.8, 4) is 0 Å². The van der Waals surface area contributed by atoms with Crippen LogP contribution in [0.5, 0.6) is 0 Å². The smallest absolute Gasteiger partial charge is 0.147 e. The Hall–Kier alpha value is -0.510. The third-order valence-electron chi connectivity index (χ3n) is 3.00. The van der Waals surface area contributed by atoms with Gasteiger partial charge in [-0.3, -0.25) is 0 Å². The van der Waals surface area contributed by atoms with Crippen LogP contribution in [-0.2, 0) is 0 Å². The van der Waals surface area contributed by atoms with Crippen LogP contribution in [0.4, 0.5) is 5.82 Å². The number of aromatic nitrogens is 1. The molecule has 1 aromatic rings. The van der Waals surface area contributed by atoms with Crippen molar-refractivity contribution < 1.29 is 0 Å². The van der Waals surface area contributed by atoms with Gasteiger partial charge in [-0.2, -0.15) is 0 Å². The van der Waals surface area contributed by atoms with E-state index in [0.717, 1.165) is 38.3 Å². The fraction of sp³-hybridized carbons (Fsp3) is 0.583. The molecule has 0 radical (unpaired) electrons. The van der Waals surface area contributed by atoms with Crippen LogP contribution in [-0.4, -0.2) is 30.7 Å². The molecule has 17 heavy (non-hydrogen) atoms. The molecule has 1 unspecified atom stereocenters. The summed E-state index contributed by atoms with van der Waals surface area (Å²) in [7, 11) is 0. The molecule has 1 aliphatic heterocycles. The van der Waals surface area contributed by atoms with Crippen molar-refractivity contribution in [3.05, 3.63) is 22.3 Å². The Morgan fingerprint density at radius 1 is 1.53 bits per heavy atom. The molecule has 1 saturated heterocycles. The Morgan fingerprint density at radius 2 is 2.35 bits per heavy atom. The van der Waals surface area contributed by atoms with E-state index in [1.807, 2.05) is 0 Å². The standard InChI is InChI=1S/C12H17Cl2N3/c1-2-5-17(10-3-4-15-8-10)12-11(14)6-9(13)7-16-12/h6-7,10,15H,2-5,8H2,1H3. The van der Waals surface area contributed by atoms with Crippen molar-refractivity contribution in [2.45, 2.75) is 25.8 Å². The predicted molar refractivity (Wildman–Crippen MR) is 73.2 cm³/mol. The van der Waals surface area contributed by atoms with E-state index in [1.54, 1.807) is 12.3 Å².